The van der Waals surface area contributed by atoms with Crippen LogP contribution >= 0.6 is 22.9 Å². The molecule has 68 valence electrons. The molecular formula is C7H11ClN2OS. The number of halogens is 1. The fourth-order valence-corrected chi connectivity index (χ4v) is 1.43. The monoisotopic (exact) mass is 206 g/mol. The molecule has 0 saturated heterocycles. The normalized spacial score (nSPS) is 10.2. The van der Waals surface area contributed by atoms with Crippen LogP contribution in [0.5, 0.6) is 5.19 Å². The zero-order valence-electron chi connectivity index (χ0n) is 6.92. The number of ether oxygens (including phenoxy) is 1. The average molecular weight is 207 g/mol. The molecule has 0 aliphatic carbocycles. The van der Waals surface area contributed by atoms with Crippen molar-refractivity contribution in [2.24, 2.45) is 0 Å². The molecule has 1 heterocycles. The molecule has 0 bridgehead atoms. The van der Waals surface area contributed by atoms with E-state index in [0.717, 1.165) is 17.8 Å². The largest absolute Gasteiger partial charge is 0.469 e. The van der Waals surface area contributed by atoms with Gasteiger partial charge in [-0.05, 0) is 6.42 Å². The van der Waals surface area contributed by atoms with E-state index in [1.54, 1.807) is 0 Å². The lowest BCUT2D eigenvalue weighted by atomic mass is 10.4. The third-order valence-corrected chi connectivity index (χ3v) is 2.53. The number of alkyl halides is 1. The molecule has 0 amide bonds. The smallest absolute Gasteiger partial charge is 0.294 e. The molecule has 0 saturated carbocycles. The van der Waals surface area contributed by atoms with Gasteiger partial charge in [-0.25, -0.2) is 0 Å². The van der Waals surface area contributed by atoms with Crippen molar-refractivity contribution in [1.82, 2.24) is 10.2 Å². The van der Waals surface area contributed by atoms with Crippen molar-refractivity contribution in [3.8, 4) is 5.19 Å². The van der Waals surface area contributed by atoms with E-state index < -0.39 is 0 Å². The first-order chi connectivity index (χ1) is 5.86. The molecule has 1 aromatic rings. The number of hydrogen-bond donors (Lipinski definition) is 0. The second-order valence-electron chi connectivity index (χ2n) is 2.30. The maximum Gasteiger partial charge on any atom is 0.294 e. The second-order valence-corrected chi connectivity index (χ2v) is 3.59. The van der Waals surface area contributed by atoms with Gasteiger partial charge in [0.05, 0.1) is 12.5 Å². The third kappa shape index (κ3) is 2.95. The quantitative estimate of drug-likeness (QED) is 0.549. The highest BCUT2D eigenvalue weighted by Gasteiger charge is 2.02. The summed E-state index contributed by atoms with van der Waals surface area (Å²) < 4.78 is 5.32. The second kappa shape index (κ2) is 5.32. The topological polar surface area (TPSA) is 35.0 Å². The van der Waals surface area contributed by atoms with Crippen molar-refractivity contribution < 1.29 is 4.74 Å². The lowest BCUT2D eigenvalue weighted by Crippen LogP contribution is -1.95. The highest BCUT2D eigenvalue weighted by atomic mass is 35.5. The first kappa shape index (κ1) is 9.74. The summed E-state index contributed by atoms with van der Waals surface area (Å²) in [5, 5.41) is 9.08. The number of unbranched alkanes of at least 4 members (excludes halogenated alkanes) is 1. The summed E-state index contributed by atoms with van der Waals surface area (Å²) in [5.41, 5.74) is 0. The predicted molar refractivity (Wildman–Crippen MR) is 49.9 cm³/mol. The van der Waals surface area contributed by atoms with E-state index in [0.29, 0.717) is 17.7 Å². The van der Waals surface area contributed by atoms with Gasteiger partial charge in [0.2, 0.25) is 0 Å². The van der Waals surface area contributed by atoms with Gasteiger partial charge < -0.3 is 4.74 Å². The molecule has 0 aliphatic rings. The summed E-state index contributed by atoms with van der Waals surface area (Å²) in [4.78, 5) is 0. The van der Waals surface area contributed by atoms with Crippen LogP contribution in [0.25, 0.3) is 0 Å². The minimum Gasteiger partial charge on any atom is -0.469 e. The van der Waals surface area contributed by atoms with Gasteiger partial charge >= 0.3 is 0 Å². The third-order valence-electron chi connectivity index (χ3n) is 1.29. The molecule has 1 aromatic heterocycles. The van der Waals surface area contributed by atoms with E-state index in [1.165, 1.54) is 11.3 Å². The maximum atomic E-state index is 5.55. The summed E-state index contributed by atoms with van der Waals surface area (Å²) >= 11 is 6.96. The molecule has 0 aliphatic heterocycles. The van der Waals surface area contributed by atoms with Crippen molar-refractivity contribution >= 4 is 22.9 Å². The van der Waals surface area contributed by atoms with E-state index in [9.17, 15) is 0 Å². The van der Waals surface area contributed by atoms with Crippen molar-refractivity contribution in [2.75, 3.05) is 6.61 Å². The van der Waals surface area contributed by atoms with Crippen LogP contribution in [-0.2, 0) is 5.88 Å². The molecule has 0 atom stereocenters. The van der Waals surface area contributed by atoms with Gasteiger partial charge in [0, 0.05) is 0 Å². The van der Waals surface area contributed by atoms with Gasteiger partial charge in [0.1, 0.15) is 5.01 Å². The SMILES string of the molecule is CCCCOc1nnc(CCl)s1. The van der Waals surface area contributed by atoms with Crippen LogP contribution in [0.3, 0.4) is 0 Å². The van der Waals surface area contributed by atoms with Crippen LogP contribution in [0.2, 0.25) is 0 Å². The number of hydrogen-bond acceptors (Lipinski definition) is 4. The van der Waals surface area contributed by atoms with E-state index in [2.05, 4.69) is 17.1 Å². The lowest BCUT2D eigenvalue weighted by Gasteiger charge is -1.97. The van der Waals surface area contributed by atoms with Gasteiger partial charge in [-0.2, -0.15) is 0 Å². The van der Waals surface area contributed by atoms with Crippen molar-refractivity contribution in [3.63, 3.8) is 0 Å². The van der Waals surface area contributed by atoms with E-state index in [-0.39, 0.29) is 0 Å². The zero-order valence-corrected chi connectivity index (χ0v) is 8.49. The summed E-state index contributed by atoms with van der Waals surface area (Å²) in [5.74, 6) is 0.412. The van der Waals surface area contributed by atoms with Crippen LogP contribution in [0.15, 0.2) is 0 Å². The highest BCUT2D eigenvalue weighted by Crippen LogP contribution is 2.19. The zero-order chi connectivity index (χ0) is 8.81. The van der Waals surface area contributed by atoms with Crippen LogP contribution in [0.1, 0.15) is 24.8 Å². The fourth-order valence-electron chi connectivity index (χ4n) is 0.654. The lowest BCUT2D eigenvalue weighted by molar-refractivity contribution is 0.305. The molecular weight excluding hydrogens is 196 g/mol. The number of nitrogens with zero attached hydrogens (tertiary/aromatic N) is 2. The van der Waals surface area contributed by atoms with Crippen LogP contribution in [0, 0.1) is 0 Å². The summed E-state index contributed by atoms with van der Waals surface area (Å²) in [7, 11) is 0. The van der Waals surface area contributed by atoms with E-state index >= 15 is 0 Å². The molecule has 12 heavy (non-hydrogen) atoms. The Morgan fingerprint density at radius 2 is 2.33 bits per heavy atom. The van der Waals surface area contributed by atoms with Gasteiger partial charge in [0.25, 0.3) is 5.19 Å². The van der Waals surface area contributed by atoms with Gasteiger partial charge in [-0.3, -0.25) is 0 Å². The minimum absolute atomic E-state index is 0.412. The van der Waals surface area contributed by atoms with Crippen molar-refractivity contribution in [3.05, 3.63) is 5.01 Å². The van der Waals surface area contributed by atoms with Gasteiger partial charge in [-0.15, -0.1) is 21.8 Å². The molecule has 0 fully saturated rings. The highest BCUT2D eigenvalue weighted by molar-refractivity contribution is 7.13. The molecule has 0 spiro atoms. The van der Waals surface area contributed by atoms with Crippen molar-refractivity contribution in [2.45, 2.75) is 25.6 Å². The van der Waals surface area contributed by atoms with E-state index in [1.807, 2.05) is 0 Å². The number of aromatic nitrogens is 2. The van der Waals surface area contributed by atoms with Crippen LogP contribution in [-0.4, -0.2) is 16.8 Å². The minimum atomic E-state index is 0.412. The van der Waals surface area contributed by atoms with Crippen LogP contribution in [0.4, 0.5) is 0 Å². The first-order valence-electron chi connectivity index (χ1n) is 3.88. The summed E-state index contributed by atoms with van der Waals surface area (Å²) in [6, 6.07) is 0. The van der Waals surface area contributed by atoms with Crippen LogP contribution < -0.4 is 4.74 Å². The maximum absolute atomic E-state index is 5.55. The molecule has 0 unspecified atom stereocenters. The molecule has 0 N–H and O–H groups in total. The van der Waals surface area contributed by atoms with Crippen molar-refractivity contribution in [1.29, 1.82) is 0 Å². The Balaban J connectivity index is 2.31. The first-order valence-corrected chi connectivity index (χ1v) is 5.23. The molecule has 5 heteroatoms. The Labute approximate surface area is 80.7 Å². The summed E-state index contributed by atoms with van der Waals surface area (Å²) in [6.45, 7) is 2.83. The van der Waals surface area contributed by atoms with Gasteiger partial charge in [-0.1, -0.05) is 24.7 Å². The molecule has 1 rings (SSSR count). The average Bonchev–Trinajstić information content (AvgIpc) is 2.53. The number of rotatable bonds is 5. The Morgan fingerprint density at radius 3 is 2.92 bits per heavy atom. The molecule has 0 radical (unpaired) electrons. The Kier molecular flexibility index (Phi) is 4.32. The standard InChI is InChI=1S/C7H11ClN2OS/c1-2-3-4-11-7-10-9-6(5-8)12-7/h2-5H2,1H3. The Morgan fingerprint density at radius 1 is 1.50 bits per heavy atom. The Hall–Kier alpha value is -0.350. The summed E-state index contributed by atoms with van der Waals surface area (Å²) in [6.07, 6.45) is 2.18. The van der Waals surface area contributed by atoms with E-state index in [4.69, 9.17) is 16.3 Å². The predicted octanol–water partition coefficient (Wildman–Crippen LogP) is 2.46. The fraction of sp³-hybridized carbons (Fsp3) is 0.714. The Bertz CT molecular complexity index is 229. The van der Waals surface area contributed by atoms with Gasteiger partial charge in [0.15, 0.2) is 0 Å². The molecule has 0 aromatic carbocycles. The molecule has 3 nitrogen and oxygen atoms in total.